The maximum atomic E-state index is 2.49. The van der Waals surface area contributed by atoms with Gasteiger partial charge in [-0.1, -0.05) is 206 Å². The van der Waals surface area contributed by atoms with Gasteiger partial charge in [0.05, 0.1) is 33.9 Å². The molecule has 0 aromatic heterocycles. The Labute approximate surface area is 391 Å². The fourth-order valence-corrected chi connectivity index (χ4v) is 11.7. The monoisotopic (exact) mass is 850 g/mol. The van der Waals surface area contributed by atoms with E-state index in [1.165, 1.54) is 111 Å². The summed E-state index contributed by atoms with van der Waals surface area (Å²) >= 11 is 0. The molecule has 0 fully saturated rings. The standard InChI is InChI=1S/C65H42N2/c1-9-26-60-45(15-1)34-35-46-16-2-10-27-61(46)66(60)49-38-40-54-53-39-32-43(41-58(53)65(59(54)42-49)56-24-7-5-20-51(56)52-21-6-8-25-57(52)65)31-33-44-19-13-23-55-50(44)22-14-30-64(55)67-62-28-11-3-17-47(62)36-37-48-18-4-12-29-63(48)67/h1-42H. The number of hydrogen-bond donors (Lipinski definition) is 0. The summed E-state index contributed by atoms with van der Waals surface area (Å²) in [4.78, 5) is 4.89. The summed E-state index contributed by atoms with van der Waals surface area (Å²) in [7, 11) is 0. The first-order valence-corrected chi connectivity index (χ1v) is 23.3. The molecule has 2 heterocycles. The van der Waals surface area contributed by atoms with E-state index in [1.54, 1.807) is 0 Å². The number of rotatable bonds is 4. The fraction of sp³-hybridized carbons (Fsp3) is 0.0154. The van der Waals surface area contributed by atoms with Crippen molar-refractivity contribution in [3.8, 4) is 22.3 Å². The van der Waals surface area contributed by atoms with Gasteiger partial charge in [0.2, 0.25) is 0 Å². The minimum Gasteiger partial charge on any atom is -0.309 e. The minimum absolute atomic E-state index is 0.510. The number of nitrogens with zero attached hydrogens (tertiary/aromatic N) is 2. The first-order chi connectivity index (χ1) is 33.2. The van der Waals surface area contributed by atoms with Crippen molar-refractivity contribution in [3.05, 3.63) is 274 Å². The zero-order chi connectivity index (χ0) is 44.1. The third-order valence-corrected chi connectivity index (χ3v) is 14.6. The Morgan fingerprint density at radius 2 is 0.746 bits per heavy atom. The van der Waals surface area contributed by atoms with Crippen LogP contribution in [0.4, 0.5) is 34.1 Å². The normalized spacial score (nSPS) is 14.1. The Bertz CT molecular complexity index is 3640. The summed E-state index contributed by atoms with van der Waals surface area (Å²) in [5.41, 5.74) is 24.1. The quantitative estimate of drug-likeness (QED) is 0.163. The van der Waals surface area contributed by atoms with Crippen molar-refractivity contribution in [1.82, 2.24) is 0 Å². The van der Waals surface area contributed by atoms with Gasteiger partial charge in [0.25, 0.3) is 0 Å². The first-order valence-electron chi connectivity index (χ1n) is 23.3. The molecule has 0 radical (unpaired) electrons. The Morgan fingerprint density at radius 3 is 1.34 bits per heavy atom. The lowest BCUT2D eigenvalue weighted by atomic mass is 9.70. The van der Waals surface area contributed by atoms with Crippen molar-refractivity contribution < 1.29 is 0 Å². The molecule has 2 aliphatic heterocycles. The van der Waals surface area contributed by atoms with Gasteiger partial charge in [-0.3, -0.25) is 0 Å². The summed E-state index contributed by atoms with van der Waals surface area (Å²) in [6, 6.07) is 80.9. The average Bonchev–Trinajstić information content (AvgIpc) is 3.68. The van der Waals surface area contributed by atoms with Gasteiger partial charge in [0, 0.05) is 11.1 Å². The highest BCUT2D eigenvalue weighted by Crippen LogP contribution is 2.63. The van der Waals surface area contributed by atoms with Crippen LogP contribution < -0.4 is 9.80 Å². The Morgan fingerprint density at radius 1 is 0.299 bits per heavy atom. The van der Waals surface area contributed by atoms with Crippen LogP contribution in [-0.4, -0.2) is 0 Å². The highest BCUT2D eigenvalue weighted by molar-refractivity contribution is 6.06. The lowest BCUT2D eigenvalue weighted by molar-refractivity contribution is 0.793. The van der Waals surface area contributed by atoms with Crippen LogP contribution in [-0.2, 0) is 5.41 Å². The lowest BCUT2D eigenvalue weighted by Crippen LogP contribution is -2.26. The van der Waals surface area contributed by atoms with Crippen LogP contribution in [0, 0.1) is 0 Å². The minimum atomic E-state index is -0.510. The van der Waals surface area contributed by atoms with Crippen LogP contribution in [0.15, 0.2) is 218 Å². The molecule has 2 heteroatoms. The predicted octanol–water partition coefficient (Wildman–Crippen LogP) is 17.3. The van der Waals surface area contributed by atoms with Crippen LogP contribution in [0.5, 0.6) is 0 Å². The second-order valence-corrected chi connectivity index (χ2v) is 18.0. The van der Waals surface area contributed by atoms with E-state index in [4.69, 9.17) is 0 Å². The molecule has 0 saturated heterocycles. The molecule has 0 bridgehead atoms. The molecule has 4 aliphatic rings. The zero-order valence-electron chi connectivity index (χ0n) is 36.6. The van der Waals surface area contributed by atoms with Crippen molar-refractivity contribution in [2.24, 2.45) is 0 Å². The van der Waals surface area contributed by atoms with Crippen molar-refractivity contribution in [2.75, 3.05) is 9.80 Å². The highest BCUT2D eigenvalue weighted by Gasteiger charge is 2.52. The van der Waals surface area contributed by atoms with Crippen LogP contribution in [0.25, 0.3) is 69.5 Å². The number of anilines is 6. The largest absolute Gasteiger partial charge is 0.309 e. The number of para-hydroxylation sites is 4. The molecule has 0 atom stereocenters. The van der Waals surface area contributed by atoms with Crippen molar-refractivity contribution in [2.45, 2.75) is 5.41 Å². The Hall–Kier alpha value is -8.72. The molecule has 0 unspecified atom stereocenters. The van der Waals surface area contributed by atoms with Gasteiger partial charge < -0.3 is 9.80 Å². The molecule has 312 valence electrons. The van der Waals surface area contributed by atoms with Crippen molar-refractivity contribution in [1.29, 1.82) is 0 Å². The molecular weight excluding hydrogens is 809 g/mol. The third kappa shape index (κ3) is 5.51. The predicted molar refractivity (Wildman–Crippen MR) is 283 cm³/mol. The molecule has 1 spiro atoms. The van der Waals surface area contributed by atoms with Crippen LogP contribution in [0.3, 0.4) is 0 Å². The van der Waals surface area contributed by atoms with Crippen molar-refractivity contribution >= 4 is 81.4 Å². The summed E-state index contributed by atoms with van der Waals surface area (Å²) in [6.07, 6.45) is 13.6. The van der Waals surface area contributed by atoms with Gasteiger partial charge in [-0.25, -0.2) is 0 Å². The zero-order valence-corrected chi connectivity index (χ0v) is 36.6. The smallest absolute Gasteiger partial charge is 0.0726 e. The maximum Gasteiger partial charge on any atom is 0.0726 e. The van der Waals surface area contributed by atoms with Gasteiger partial charge in [0.15, 0.2) is 0 Å². The van der Waals surface area contributed by atoms with E-state index in [9.17, 15) is 0 Å². The maximum absolute atomic E-state index is 2.49. The first kappa shape index (κ1) is 37.6. The molecule has 67 heavy (non-hydrogen) atoms. The molecular formula is C65H42N2. The molecule has 14 rings (SSSR count). The molecule has 0 amide bonds. The lowest BCUT2D eigenvalue weighted by Gasteiger charge is -2.32. The van der Waals surface area contributed by atoms with Gasteiger partial charge in [-0.05, 0) is 132 Å². The van der Waals surface area contributed by atoms with Gasteiger partial charge in [-0.2, -0.15) is 0 Å². The van der Waals surface area contributed by atoms with E-state index in [0.717, 1.165) is 11.4 Å². The molecule has 0 N–H and O–H groups in total. The second-order valence-electron chi connectivity index (χ2n) is 18.0. The third-order valence-electron chi connectivity index (χ3n) is 14.6. The number of benzene rings is 10. The molecule has 0 saturated carbocycles. The van der Waals surface area contributed by atoms with Gasteiger partial charge in [-0.15, -0.1) is 0 Å². The van der Waals surface area contributed by atoms with E-state index in [-0.39, 0.29) is 0 Å². The van der Waals surface area contributed by atoms with E-state index in [0.29, 0.717) is 0 Å². The molecule has 2 nitrogen and oxygen atoms in total. The summed E-state index contributed by atoms with van der Waals surface area (Å²) in [5, 5.41) is 2.42. The van der Waals surface area contributed by atoms with E-state index in [1.807, 2.05) is 0 Å². The molecule has 2 aliphatic carbocycles. The summed E-state index contributed by atoms with van der Waals surface area (Å²) < 4.78 is 0. The summed E-state index contributed by atoms with van der Waals surface area (Å²) in [5.74, 6) is 0. The second kappa shape index (κ2) is 14.7. The number of fused-ring (bicyclic) bond motifs is 15. The molecule has 10 aromatic rings. The number of hydrogen-bond acceptors (Lipinski definition) is 2. The van der Waals surface area contributed by atoms with E-state index >= 15 is 0 Å². The van der Waals surface area contributed by atoms with Crippen LogP contribution in [0.1, 0.15) is 55.6 Å². The Balaban J connectivity index is 0.927. The summed E-state index contributed by atoms with van der Waals surface area (Å²) in [6.45, 7) is 0. The topological polar surface area (TPSA) is 6.48 Å². The fourth-order valence-electron chi connectivity index (χ4n) is 11.7. The Kier molecular flexibility index (Phi) is 8.23. The average molecular weight is 851 g/mol. The SMILES string of the molecule is C(=Cc1cccc2c(N3c4ccccc4C=Cc4ccccc43)cccc12)c1ccc2c(c1)C1(c3ccccc3-c3ccccc31)c1cc(N3c4ccccc4C=Cc4ccccc43)ccc1-2. The van der Waals surface area contributed by atoms with E-state index < -0.39 is 5.41 Å². The van der Waals surface area contributed by atoms with Gasteiger partial charge in [0.1, 0.15) is 0 Å². The molecule has 10 aromatic carbocycles. The highest BCUT2D eigenvalue weighted by atomic mass is 15.2. The van der Waals surface area contributed by atoms with Gasteiger partial charge >= 0.3 is 0 Å². The van der Waals surface area contributed by atoms with Crippen molar-refractivity contribution in [3.63, 3.8) is 0 Å². The van der Waals surface area contributed by atoms with Crippen LogP contribution >= 0.6 is 0 Å². The van der Waals surface area contributed by atoms with Crippen LogP contribution in [0.2, 0.25) is 0 Å². The van der Waals surface area contributed by atoms with E-state index in [2.05, 4.69) is 265 Å².